The van der Waals surface area contributed by atoms with Gasteiger partial charge in [0, 0.05) is 24.6 Å². The molecule has 142 valence electrons. The summed E-state index contributed by atoms with van der Waals surface area (Å²) >= 11 is 6.11. The molecule has 1 atom stereocenters. The van der Waals surface area contributed by atoms with Gasteiger partial charge in [-0.15, -0.1) is 0 Å². The van der Waals surface area contributed by atoms with Crippen LogP contribution in [0.25, 0.3) is 0 Å². The maximum absolute atomic E-state index is 15.3. The summed E-state index contributed by atoms with van der Waals surface area (Å²) in [6, 6.07) is 2.72. The van der Waals surface area contributed by atoms with Crippen LogP contribution in [0.1, 0.15) is 46.9 Å². The number of carbonyl (C=O) groups is 2. The molecular formula is C18H19ClFN5O2. The molecule has 1 aromatic carbocycles. The molecule has 3 rings (SSSR count). The summed E-state index contributed by atoms with van der Waals surface area (Å²) in [6.45, 7) is 0.325. The molecular weight excluding hydrogens is 373 g/mol. The lowest BCUT2D eigenvalue weighted by Gasteiger charge is -2.20. The second kappa shape index (κ2) is 7.98. The molecule has 1 aromatic heterocycles. The average molecular weight is 392 g/mol. The number of anilines is 1. The Morgan fingerprint density at radius 1 is 1.30 bits per heavy atom. The fourth-order valence-electron chi connectivity index (χ4n) is 2.91. The Morgan fingerprint density at radius 3 is 2.63 bits per heavy atom. The monoisotopic (exact) mass is 391 g/mol. The van der Waals surface area contributed by atoms with Gasteiger partial charge in [0.1, 0.15) is 17.3 Å². The van der Waals surface area contributed by atoms with Crippen molar-refractivity contribution in [3.05, 3.63) is 52.2 Å². The predicted molar refractivity (Wildman–Crippen MR) is 98.6 cm³/mol. The number of carbonyl (C=O) groups excluding carboxylic acids is 2. The van der Waals surface area contributed by atoms with Gasteiger partial charge in [-0.1, -0.05) is 17.7 Å². The van der Waals surface area contributed by atoms with Crippen molar-refractivity contribution in [1.82, 2.24) is 15.3 Å². The minimum absolute atomic E-state index is 0.00782. The van der Waals surface area contributed by atoms with Crippen molar-refractivity contribution >= 4 is 29.1 Å². The molecule has 1 heterocycles. The summed E-state index contributed by atoms with van der Waals surface area (Å²) in [4.78, 5) is 31.4. The molecule has 5 N–H and O–H groups in total. The number of amides is 1. The number of ketones is 1. The summed E-state index contributed by atoms with van der Waals surface area (Å²) < 4.78 is 15.3. The standard InChI is InChI=1S/C18H19ClFN5O2/c19-11-4-3-10(17(9-1-2-9)23-6-5-14(22)26)16(20)15(11)18(27)12-7-25-13(21)8-24-12/h3-4,7-9,17,23H,1-2,5-6H2,(H2,21,25)(H2,22,26)/t17-/m1/s1. The summed E-state index contributed by atoms with van der Waals surface area (Å²) in [5.41, 5.74) is 10.7. The average Bonchev–Trinajstić information content (AvgIpc) is 3.45. The van der Waals surface area contributed by atoms with Crippen molar-refractivity contribution in [2.24, 2.45) is 11.7 Å². The van der Waals surface area contributed by atoms with Crippen LogP contribution in [0.2, 0.25) is 5.02 Å². The van der Waals surface area contributed by atoms with Crippen molar-refractivity contribution in [2.45, 2.75) is 25.3 Å². The molecule has 1 saturated carbocycles. The third-order valence-corrected chi connectivity index (χ3v) is 4.73. The van der Waals surface area contributed by atoms with Crippen LogP contribution in [0.15, 0.2) is 24.5 Å². The van der Waals surface area contributed by atoms with Gasteiger partial charge < -0.3 is 16.8 Å². The van der Waals surface area contributed by atoms with E-state index in [1.54, 1.807) is 6.07 Å². The van der Waals surface area contributed by atoms with E-state index in [2.05, 4.69) is 15.3 Å². The van der Waals surface area contributed by atoms with E-state index in [1.807, 2.05) is 0 Å². The SMILES string of the molecule is NC(=O)CCN[C@@H](c1ccc(Cl)c(C(=O)c2cnc(N)cn2)c1F)C1CC1. The van der Waals surface area contributed by atoms with E-state index in [0.717, 1.165) is 12.8 Å². The van der Waals surface area contributed by atoms with Gasteiger partial charge in [-0.05, 0) is 24.8 Å². The lowest BCUT2D eigenvalue weighted by molar-refractivity contribution is -0.117. The van der Waals surface area contributed by atoms with E-state index in [4.69, 9.17) is 23.1 Å². The molecule has 2 aromatic rings. The number of hydrogen-bond donors (Lipinski definition) is 3. The number of primary amides is 1. The minimum Gasteiger partial charge on any atom is -0.382 e. The highest BCUT2D eigenvalue weighted by molar-refractivity contribution is 6.34. The largest absolute Gasteiger partial charge is 0.382 e. The van der Waals surface area contributed by atoms with Crippen molar-refractivity contribution in [1.29, 1.82) is 0 Å². The van der Waals surface area contributed by atoms with Gasteiger partial charge in [-0.2, -0.15) is 0 Å². The molecule has 0 saturated heterocycles. The predicted octanol–water partition coefficient (Wildman–Crippen LogP) is 2.00. The highest BCUT2D eigenvalue weighted by Crippen LogP contribution is 2.42. The van der Waals surface area contributed by atoms with E-state index in [9.17, 15) is 9.59 Å². The molecule has 0 unspecified atom stereocenters. The molecule has 0 radical (unpaired) electrons. The first-order valence-corrected chi connectivity index (χ1v) is 8.88. The smallest absolute Gasteiger partial charge is 0.218 e. The lowest BCUT2D eigenvalue weighted by Crippen LogP contribution is -2.28. The molecule has 0 bridgehead atoms. The number of nitrogens with two attached hydrogens (primary N) is 2. The fraction of sp³-hybridized carbons (Fsp3) is 0.333. The number of nitrogens with zero attached hydrogens (tertiary/aromatic N) is 2. The van der Waals surface area contributed by atoms with Gasteiger partial charge in [0.25, 0.3) is 0 Å². The summed E-state index contributed by atoms with van der Waals surface area (Å²) in [6.07, 6.45) is 4.42. The maximum Gasteiger partial charge on any atom is 0.218 e. The van der Waals surface area contributed by atoms with Gasteiger partial charge in [0.05, 0.1) is 23.0 Å². The zero-order chi connectivity index (χ0) is 19.6. The molecule has 27 heavy (non-hydrogen) atoms. The number of nitrogen functional groups attached to an aromatic ring is 1. The number of halogens is 2. The summed E-state index contributed by atoms with van der Waals surface area (Å²) in [5, 5.41) is 3.16. The summed E-state index contributed by atoms with van der Waals surface area (Å²) in [7, 11) is 0. The van der Waals surface area contributed by atoms with Crippen LogP contribution in [-0.4, -0.2) is 28.2 Å². The first kappa shape index (κ1) is 19.2. The maximum atomic E-state index is 15.3. The Balaban J connectivity index is 1.93. The zero-order valence-corrected chi connectivity index (χ0v) is 15.2. The van der Waals surface area contributed by atoms with E-state index < -0.39 is 17.5 Å². The quantitative estimate of drug-likeness (QED) is 0.591. The minimum atomic E-state index is -0.699. The highest BCUT2D eigenvalue weighted by Gasteiger charge is 2.35. The van der Waals surface area contributed by atoms with Gasteiger partial charge in [0.15, 0.2) is 0 Å². The molecule has 7 nitrogen and oxygen atoms in total. The van der Waals surface area contributed by atoms with Gasteiger partial charge >= 0.3 is 0 Å². The van der Waals surface area contributed by atoms with Crippen LogP contribution < -0.4 is 16.8 Å². The second-order valence-electron chi connectivity index (χ2n) is 6.47. The summed E-state index contributed by atoms with van der Waals surface area (Å²) in [5.74, 6) is -1.42. The first-order valence-electron chi connectivity index (χ1n) is 8.50. The Morgan fingerprint density at radius 2 is 2.04 bits per heavy atom. The van der Waals surface area contributed by atoms with Crippen molar-refractivity contribution in [2.75, 3.05) is 12.3 Å². The van der Waals surface area contributed by atoms with Crippen LogP contribution in [0.3, 0.4) is 0 Å². The molecule has 1 aliphatic rings. The van der Waals surface area contributed by atoms with E-state index in [0.29, 0.717) is 12.1 Å². The molecule has 0 spiro atoms. The number of rotatable bonds is 8. The van der Waals surface area contributed by atoms with E-state index >= 15 is 4.39 Å². The third kappa shape index (κ3) is 4.40. The zero-order valence-electron chi connectivity index (χ0n) is 14.4. The normalized spacial score (nSPS) is 14.7. The molecule has 0 aliphatic heterocycles. The van der Waals surface area contributed by atoms with Crippen LogP contribution in [0.4, 0.5) is 10.2 Å². The number of aromatic nitrogens is 2. The van der Waals surface area contributed by atoms with E-state index in [-0.39, 0.29) is 40.5 Å². The van der Waals surface area contributed by atoms with Crippen molar-refractivity contribution in [3.8, 4) is 0 Å². The Labute approximate surface area is 160 Å². The Kier molecular flexibility index (Phi) is 5.67. The van der Waals surface area contributed by atoms with Gasteiger partial charge in [-0.3, -0.25) is 9.59 Å². The number of hydrogen-bond acceptors (Lipinski definition) is 6. The van der Waals surface area contributed by atoms with Crippen LogP contribution in [0, 0.1) is 11.7 Å². The Hall–Kier alpha value is -2.58. The van der Waals surface area contributed by atoms with Crippen LogP contribution >= 0.6 is 11.6 Å². The van der Waals surface area contributed by atoms with Crippen molar-refractivity contribution < 1.29 is 14.0 Å². The second-order valence-corrected chi connectivity index (χ2v) is 6.87. The van der Waals surface area contributed by atoms with Crippen LogP contribution in [-0.2, 0) is 4.79 Å². The third-order valence-electron chi connectivity index (χ3n) is 4.42. The number of benzene rings is 1. The first-order chi connectivity index (χ1) is 12.9. The Bertz CT molecular complexity index is 871. The molecule has 1 amide bonds. The highest BCUT2D eigenvalue weighted by atomic mass is 35.5. The van der Waals surface area contributed by atoms with Gasteiger partial charge in [-0.25, -0.2) is 14.4 Å². The fourth-order valence-corrected chi connectivity index (χ4v) is 3.14. The van der Waals surface area contributed by atoms with Crippen molar-refractivity contribution in [3.63, 3.8) is 0 Å². The molecule has 1 aliphatic carbocycles. The van der Waals surface area contributed by atoms with Gasteiger partial charge in [0.2, 0.25) is 11.7 Å². The van der Waals surface area contributed by atoms with Crippen LogP contribution in [0.5, 0.6) is 0 Å². The molecule has 1 fully saturated rings. The number of nitrogens with one attached hydrogen (secondary N) is 1. The topological polar surface area (TPSA) is 124 Å². The molecule has 9 heteroatoms. The lowest BCUT2D eigenvalue weighted by atomic mass is 9.96. The van der Waals surface area contributed by atoms with E-state index in [1.165, 1.54) is 18.5 Å².